The van der Waals surface area contributed by atoms with Crippen molar-refractivity contribution in [2.24, 2.45) is 7.05 Å². The molecule has 1 fully saturated rings. The SMILES string of the molecule is C=CC(=C)N1CCCC(Nc2nc(-c3cnn(C)c3)c3c(c2F)CNC3=O)C1. The molecule has 146 valence electrons. The zero-order chi connectivity index (χ0) is 19.8. The van der Waals surface area contributed by atoms with Crippen LogP contribution in [-0.2, 0) is 13.6 Å². The van der Waals surface area contributed by atoms with Crippen molar-refractivity contribution in [2.75, 3.05) is 18.4 Å². The fourth-order valence-corrected chi connectivity index (χ4v) is 3.81. The molecule has 2 aromatic rings. The van der Waals surface area contributed by atoms with Gasteiger partial charge in [0, 0.05) is 55.7 Å². The van der Waals surface area contributed by atoms with Crippen molar-refractivity contribution in [1.29, 1.82) is 0 Å². The Morgan fingerprint density at radius 1 is 1.50 bits per heavy atom. The second-order valence-corrected chi connectivity index (χ2v) is 7.19. The second kappa shape index (κ2) is 7.10. The van der Waals surface area contributed by atoms with Gasteiger partial charge in [0.05, 0.1) is 17.5 Å². The van der Waals surface area contributed by atoms with Gasteiger partial charge in [-0.1, -0.05) is 13.2 Å². The summed E-state index contributed by atoms with van der Waals surface area (Å²) in [7, 11) is 1.79. The molecule has 0 aromatic carbocycles. The number of fused-ring (bicyclic) bond motifs is 1. The normalized spacial score (nSPS) is 18.6. The Hall–Kier alpha value is -3.16. The van der Waals surface area contributed by atoms with Crippen molar-refractivity contribution >= 4 is 11.7 Å². The maximum absolute atomic E-state index is 15.1. The summed E-state index contributed by atoms with van der Waals surface area (Å²) in [6, 6.07) is 0.0253. The van der Waals surface area contributed by atoms with Crippen molar-refractivity contribution in [1.82, 2.24) is 25.0 Å². The zero-order valence-electron chi connectivity index (χ0n) is 15.8. The van der Waals surface area contributed by atoms with E-state index in [0.29, 0.717) is 28.9 Å². The topological polar surface area (TPSA) is 75.1 Å². The Morgan fingerprint density at radius 2 is 2.32 bits per heavy atom. The van der Waals surface area contributed by atoms with Crippen LogP contribution in [0.3, 0.4) is 0 Å². The number of amides is 1. The highest BCUT2D eigenvalue weighted by molar-refractivity contribution is 6.04. The van der Waals surface area contributed by atoms with E-state index in [2.05, 4.69) is 38.8 Å². The number of aryl methyl sites for hydroxylation is 1. The Kier molecular flexibility index (Phi) is 4.62. The quantitative estimate of drug-likeness (QED) is 0.777. The van der Waals surface area contributed by atoms with E-state index >= 15 is 4.39 Å². The molecule has 1 saturated heterocycles. The number of pyridine rings is 1. The van der Waals surface area contributed by atoms with Crippen LogP contribution < -0.4 is 10.6 Å². The Morgan fingerprint density at radius 3 is 3.04 bits per heavy atom. The molecule has 0 spiro atoms. The minimum Gasteiger partial charge on any atom is -0.370 e. The van der Waals surface area contributed by atoms with Crippen LogP contribution in [-0.4, -0.2) is 44.7 Å². The lowest BCUT2D eigenvalue weighted by Gasteiger charge is -2.35. The molecular formula is C20H23FN6O. The summed E-state index contributed by atoms with van der Waals surface area (Å²) in [4.78, 5) is 18.9. The molecule has 0 bridgehead atoms. The Balaban J connectivity index is 1.69. The molecule has 28 heavy (non-hydrogen) atoms. The van der Waals surface area contributed by atoms with E-state index in [0.717, 1.165) is 25.1 Å². The summed E-state index contributed by atoms with van der Waals surface area (Å²) < 4.78 is 16.8. The van der Waals surface area contributed by atoms with Gasteiger partial charge in [-0.25, -0.2) is 9.37 Å². The van der Waals surface area contributed by atoms with Gasteiger partial charge >= 0.3 is 0 Å². The Bertz CT molecular complexity index is 966. The summed E-state index contributed by atoms with van der Waals surface area (Å²) in [5, 5.41) is 10.1. The number of hydrogen-bond acceptors (Lipinski definition) is 5. The largest absolute Gasteiger partial charge is 0.370 e. The molecule has 2 aromatic heterocycles. The molecule has 4 rings (SSSR count). The molecule has 7 nitrogen and oxygen atoms in total. The first-order valence-corrected chi connectivity index (χ1v) is 9.30. The van der Waals surface area contributed by atoms with E-state index in [1.165, 1.54) is 0 Å². The molecule has 0 saturated carbocycles. The van der Waals surface area contributed by atoms with Crippen molar-refractivity contribution in [3.63, 3.8) is 0 Å². The number of aromatic nitrogens is 3. The predicted molar refractivity (Wildman–Crippen MR) is 105 cm³/mol. The summed E-state index contributed by atoms with van der Waals surface area (Å²) in [5.74, 6) is -0.608. The number of nitrogens with one attached hydrogen (secondary N) is 2. The molecular weight excluding hydrogens is 359 g/mol. The Labute approximate surface area is 162 Å². The van der Waals surface area contributed by atoms with Crippen LogP contribution in [0.2, 0.25) is 0 Å². The van der Waals surface area contributed by atoms with Gasteiger partial charge in [-0.3, -0.25) is 9.48 Å². The monoisotopic (exact) mass is 382 g/mol. The summed E-state index contributed by atoms with van der Waals surface area (Å²) in [6.45, 7) is 9.54. The number of piperidine rings is 1. The van der Waals surface area contributed by atoms with Crippen LogP contribution in [0.4, 0.5) is 10.2 Å². The van der Waals surface area contributed by atoms with Crippen molar-refractivity contribution < 1.29 is 9.18 Å². The average Bonchev–Trinajstić information content (AvgIpc) is 3.30. The fourth-order valence-electron chi connectivity index (χ4n) is 3.81. The first-order chi connectivity index (χ1) is 13.5. The highest BCUT2D eigenvalue weighted by atomic mass is 19.1. The maximum atomic E-state index is 15.1. The number of nitrogens with zero attached hydrogens (tertiary/aromatic N) is 4. The number of likely N-dealkylation sites (tertiary alicyclic amines) is 1. The van der Waals surface area contributed by atoms with Crippen LogP contribution >= 0.6 is 0 Å². The zero-order valence-corrected chi connectivity index (χ0v) is 15.8. The van der Waals surface area contributed by atoms with Gasteiger partial charge in [-0.15, -0.1) is 0 Å². The third kappa shape index (κ3) is 3.15. The van der Waals surface area contributed by atoms with E-state index in [1.807, 2.05) is 0 Å². The van der Waals surface area contributed by atoms with Crippen molar-refractivity contribution in [3.8, 4) is 11.3 Å². The standard InChI is InChI=1S/C20H23FN6O/c1-4-12(2)27-7-5-6-14(11-27)24-19-17(21)15-9-22-20(28)16(15)18(25-19)13-8-23-26(3)10-13/h4,8,10,14H,1-2,5-7,9,11H2,3H3,(H,22,28)(H,24,25). The molecule has 0 radical (unpaired) electrons. The predicted octanol–water partition coefficient (Wildman–Crippen LogP) is 2.44. The lowest BCUT2D eigenvalue weighted by molar-refractivity contribution is 0.0966. The molecule has 4 heterocycles. The van der Waals surface area contributed by atoms with E-state index < -0.39 is 5.82 Å². The fraction of sp³-hybridized carbons (Fsp3) is 0.350. The van der Waals surface area contributed by atoms with Gasteiger partial charge in [0.15, 0.2) is 11.6 Å². The van der Waals surface area contributed by atoms with E-state index in [-0.39, 0.29) is 24.3 Å². The van der Waals surface area contributed by atoms with Gasteiger partial charge in [-0.2, -0.15) is 5.10 Å². The second-order valence-electron chi connectivity index (χ2n) is 7.19. The molecule has 0 aliphatic carbocycles. The van der Waals surface area contributed by atoms with E-state index in [9.17, 15) is 4.79 Å². The highest BCUT2D eigenvalue weighted by Gasteiger charge is 2.31. The van der Waals surface area contributed by atoms with Gasteiger partial charge in [0.25, 0.3) is 5.91 Å². The van der Waals surface area contributed by atoms with Gasteiger partial charge in [-0.05, 0) is 18.9 Å². The molecule has 1 amide bonds. The van der Waals surface area contributed by atoms with Gasteiger partial charge < -0.3 is 15.5 Å². The third-order valence-corrected chi connectivity index (χ3v) is 5.27. The first-order valence-electron chi connectivity index (χ1n) is 9.30. The summed E-state index contributed by atoms with van der Waals surface area (Å²) in [5.41, 5.74) is 2.64. The van der Waals surface area contributed by atoms with Crippen LogP contribution in [0.15, 0.2) is 37.3 Å². The van der Waals surface area contributed by atoms with Gasteiger partial charge in [0.1, 0.15) is 0 Å². The minimum atomic E-state index is -0.472. The van der Waals surface area contributed by atoms with E-state index in [4.69, 9.17) is 0 Å². The molecule has 8 heteroatoms. The smallest absolute Gasteiger partial charge is 0.254 e. The van der Waals surface area contributed by atoms with E-state index in [1.54, 1.807) is 30.2 Å². The first kappa shape index (κ1) is 18.2. The van der Waals surface area contributed by atoms with Crippen LogP contribution in [0.25, 0.3) is 11.3 Å². The number of carbonyl (C=O) groups is 1. The van der Waals surface area contributed by atoms with Crippen molar-refractivity contribution in [3.05, 3.63) is 54.3 Å². The maximum Gasteiger partial charge on any atom is 0.254 e. The number of halogens is 1. The number of carbonyl (C=O) groups excluding carboxylic acids is 1. The number of anilines is 1. The molecule has 1 unspecified atom stereocenters. The molecule has 2 aliphatic heterocycles. The number of rotatable bonds is 5. The van der Waals surface area contributed by atoms with Crippen molar-refractivity contribution in [2.45, 2.75) is 25.4 Å². The summed E-state index contributed by atoms with van der Waals surface area (Å²) in [6.07, 6.45) is 7.00. The lowest BCUT2D eigenvalue weighted by Crippen LogP contribution is -2.41. The van der Waals surface area contributed by atoms with Crippen LogP contribution in [0.1, 0.15) is 28.8 Å². The summed E-state index contributed by atoms with van der Waals surface area (Å²) >= 11 is 0. The molecule has 2 N–H and O–H groups in total. The lowest BCUT2D eigenvalue weighted by atomic mass is 10.0. The van der Waals surface area contributed by atoms with Crippen LogP contribution in [0.5, 0.6) is 0 Å². The highest BCUT2D eigenvalue weighted by Crippen LogP contribution is 2.33. The molecule has 2 aliphatic rings. The average molecular weight is 382 g/mol. The number of allylic oxidation sites excluding steroid dienone is 1. The minimum absolute atomic E-state index is 0.0253. The third-order valence-electron chi connectivity index (χ3n) is 5.27. The van der Waals surface area contributed by atoms with Crippen LogP contribution in [0, 0.1) is 5.82 Å². The number of hydrogen-bond donors (Lipinski definition) is 2. The molecule has 1 atom stereocenters. The van der Waals surface area contributed by atoms with Gasteiger partial charge in [0.2, 0.25) is 0 Å².